The van der Waals surface area contributed by atoms with Crippen molar-refractivity contribution in [2.24, 2.45) is 0 Å². The van der Waals surface area contributed by atoms with E-state index in [1.807, 2.05) is 0 Å². The maximum absolute atomic E-state index is 11.8. The summed E-state index contributed by atoms with van der Waals surface area (Å²) in [5.41, 5.74) is 0.504. The molecule has 0 spiro atoms. The van der Waals surface area contributed by atoms with Crippen molar-refractivity contribution in [2.75, 3.05) is 20.1 Å². The van der Waals surface area contributed by atoms with Gasteiger partial charge in [0.15, 0.2) is 5.78 Å². The van der Waals surface area contributed by atoms with Crippen molar-refractivity contribution in [2.45, 2.75) is 6.42 Å². The molecule has 0 bridgehead atoms. The van der Waals surface area contributed by atoms with Crippen LogP contribution < -0.4 is 9.47 Å². The third-order valence-electron chi connectivity index (χ3n) is 2.08. The van der Waals surface area contributed by atoms with Crippen molar-refractivity contribution in [3.63, 3.8) is 0 Å². The van der Waals surface area contributed by atoms with Crippen LogP contribution in [0.3, 0.4) is 0 Å². The summed E-state index contributed by atoms with van der Waals surface area (Å²) in [6.45, 7) is 0. The number of benzene rings is 1. The van der Waals surface area contributed by atoms with Gasteiger partial charge >= 0.3 is 0 Å². The minimum atomic E-state index is -0.0543. The molecular formula is C11H12BrClO3. The number of halogens is 2. The summed E-state index contributed by atoms with van der Waals surface area (Å²) in [5.74, 6) is 1.36. The predicted octanol–water partition coefficient (Wildman–Crippen LogP) is 3.28. The van der Waals surface area contributed by atoms with E-state index < -0.39 is 0 Å². The molecule has 3 nitrogen and oxygen atoms in total. The van der Waals surface area contributed by atoms with E-state index in [1.54, 1.807) is 19.2 Å². The van der Waals surface area contributed by atoms with Crippen molar-refractivity contribution in [1.29, 1.82) is 0 Å². The lowest BCUT2D eigenvalue weighted by Crippen LogP contribution is -2.04. The number of carbonyl (C=O) groups is 1. The van der Waals surface area contributed by atoms with E-state index in [1.165, 1.54) is 7.11 Å². The fourth-order valence-corrected chi connectivity index (χ4v) is 2.13. The highest BCUT2D eigenvalue weighted by atomic mass is 79.9. The van der Waals surface area contributed by atoms with Gasteiger partial charge in [-0.05, 0) is 22.0 Å². The highest BCUT2D eigenvalue weighted by molar-refractivity contribution is 9.10. The Morgan fingerprint density at radius 2 is 2.06 bits per heavy atom. The van der Waals surface area contributed by atoms with Gasteiger partial charge in [-0.3, -0.25) is 4.79 Å². The molecule has 16 heavy (non-hydrogen) atoms. The van der Waals surface area contributed by atoms with Gasteiger partial charge < -0.3 is 9.47 Å². The van der Waals surface area contributed by atoms with Crippen LogP contribution in [0.1, 0.15) is 16.8 Å². The minimum absolute atomic E-state index is 0.0543. The van der Waals surface area contributed by atoms with Gasteiger partial charge in [0.05, 0.1) is 19.8 Å². The van der Waals surface area contributed by atoms with Crippen LogP contribution in [0.4, 0.5) is 0 Å². The molecule has 5 heteroatoms. The van der Waals surface area contributed by atoms with Crippen LogP contribution in [0.15, 0.2) is 16.6 Å². The first kappa shape index (κ1) is 13.3. The zero-order chi connectivity index (χ0) is 12.1. The summed E-state index contributed by atoms with van der Waals surface area (Å²) in [6.07, 6.45) is 0.281. The highest BCUT2D eigenvalue weighted by Crippen LogP contribution is 2.33. The summed E-state index contributed by atoms with van der Waals surface area (Å²) in [5, 5.41) is 0. The van der Waals surface area contributed by atoms with Crippen LogP contribution in [0, 0.1) is 0 Å². The molecule has 0 aliphatic rings. The Morgan fingerprint density at radius 3 is 2.56 bits per heavy atom. The van der Waals surface area contributed by atoms with Gasteiger partial charge in [0.25, 0.3) is 0 Å². The second kappa shape index (κ2) is 6.11. The van der Waals surface area contributed by atoms with E-state index in [0.717, 1.165) is 0 Å². The number of carbonyl (C=O) groups excluding carboxylic acids is 1. The number of ether oxygens (including phenoxy) is 2. The first-order valence-electron chi connectivity index (χ1n) is 4.64. The van der Waals surface area contributed by atoms with Crippen LogP contribution in [-0.4, -0.2) is 25.9 Å². The van der Waals surface area contributed by atoms with Crippen LogP contribution in [0.2, 0.25) is 0 Å². The summed E-state index contributed by atoms with van der Waals surface area (Å²) in [7, 11) is 3.07. The summed E-state index contributed by atoms with van der Waals surface area (Å²) < 4.78 is 10.9. The standard InChI is InChI=1S/C11H12BrClO3/c1-15-7-5-8(12)11(9(14)3-4-13)10(6-7)16-2/h5-6H,3-4H2,1-2H3. The Hall–Kier alpha value is -0.740. The maximum Gasteiger partial charge on any atom is 0.168 e. The topological polar surface area (TPSA) is 35.5 Å². The average molecular weight is 308 g/mol. The molecule has 1 aromatic rings. The molecule has 0 unspecified atom stereocenters. The Kier molecular flexibility index (Phi) is 5.09. The lowest BCUT2D eigenvalue weighted by molar-refractivity contribution is 0.0985. The number of rotatable bonds is 5. The molecule has 1 aromatic carbocycles. The Morgan fingerprint density at radius 1 is 1.38 bits per heavy atom. The molecule has 0 amide bonds. The maximum atomic E-state index is 11.8. The van der Waals surface area contributed by atoms with Crippen molar-refractivity contribution in [3.05, 3.63) is 22.2 Å². The van der Waals surface area contributed by atoms with E-state index in [2.05, 4.69) is 15.9 Å². The Labute approximate surface area is 108 Å². The number of ketones is 1. The molecule has 0 saturated heterocycles. The van der Waals surface area contributed by atoms with Crippen molar-refractivity contribution in [1.82, 2.24) is 0 Å². The van der Waals surface area contributed by atoms with Gasteiger partial charge in [0.2, 0.25) is 0 Å². The monoisotopic (exact) mass is 306 g/mol. The Balaban J connectivity index is 3.21. The van der Waals surface area contributed by atoms with Gasteiger partial charge in [-0.2, -0.15) is 0 Å². The van der Waals surface area contributed by atoms with E-state index in [4.69, 9.17) is 21.1 Å². The van der Waals surface area contributed by atoms with Gasteiger partial charge in [0, 0.05) is 22.8 Å². The number of alkyl halides is 1. The predicted molar refractivity (Wildman–Crippen MR) is 66.9 cm³/mol. The quantitative estimate of drug-likeness (QED) is 0.618. The molecule has 0 fully saturated rings. The van der Waals surface area contributed by atoms with E-state index >= 15 is 0 Å². The lowest BCUT2D eigenvalue weighted by atomic mass is 10.1. The molecular weight excluding hydrogens is 295 g/mol. The molecule has 0 N–H and O–H groups in total. The van der Waals surface area contributed by atoms with Crippen molar-refractivity contribution >= 4 is 33.3 Å². The SMILES string of the molecule is COc1cc(Br)c(C(=O)CCCl)c(OC)c1. The van der Waals surface area contributed by atoms with Crippen LogP contribution in [-0.2, 0) is 0 Å². The lowest BCUT2D eigenvalue weighted by Gasteiger charge is -2.11. The Bertz CT molecular complexity index is 393. The molecule has 0 aliphatic carbocycles. The molecule has 0 atom stereocenters. The van der Waals surface area contributed by atoms with Gasteiger partial charge in [-0.15, -0.1) is 11.6 Å². The summed E-state index contributed by atoms with van der Waals surface area (Å²) >= 11 is 8.88. The van der Waals surface area contributed by atoms with E-state index in [-0.39, 0.29) is 12.2 Å². The van der Waals surface area contributed by atoms with Gasteiger partial charge in [-0.25, -0.2) is 0 Å². The zero-order valence-electron chi connectivity index (χ0n) is 9.05. The van der Waals surface area contributed by atoms with Crippen molar-refractivity contribution < 1.29 is 14.3 Å². The second-order valence-electron chi connectivity index (χ2n) is 3.05. The molecule has 88 valence electrons. The summed E-state index contributed by atoms with van der Waals surface area (Å²) in [6, 6.07) is 3.40. The minimum Gasteiger partial charge on any atom is -0.497 e. The first-order chi connectivity index (χ1) is 7.63. The normalized spacial score (nSPS) is 10.0. The molecule has 0 radical (unpaired) electrons. The fourth-order valence-electron chi connectivity index (χ4n) is 1.32. The zero-order valence-corrected chi connectivity index (χ0v) is 11.4. The molecule has 0 saturated carbocycles. The number of Topliss-reactive ketones (excluding diaryl/α,β-unsaturated/α-hetero) is 1. The van der Waals surface area contributed by atoms with Crippen LogP contribution >= 0.6 is 27.5 Å². The smallest absolute Gasteiger partial charge is 0.168 e. The number of hydrogen-bond acceptors (Lipinski definition) is 3. The average Bonchev–Trinajstić information content (AvgIpc) is 2.27. The van der Waals surface area contributed by atoms with E-state index in [0.29, 0.717) is 27.4 Å². The molecule has 0 heterocycles. The number of hydrogen-bond donors (Lipinski definition) is 0. The third-order valence-corrected chi connectivity index (χ3v) is 2.90. The molecule has 1 rings (SSSR count). The van der Waals surface area contributed by atoms with E-state index in [9.17, 15) is 4.79 Å². The highest BCUT2D eigenvalue weighted by Gasteiger charge is 2.17. The first-order valence-corrected chi connectivity index (χ1v) is 5.97. The van der Waals surface area contributed by atoms with Gasteiger partial charge in [0.1, 0.15) is 11.5 Å². The van der Waals surface area contributed by atoms with Gasteiger partial charge in [-0.1, -0.05) is 0 Å². The second-order valence-corrected chi connectivity index (χ2v) is 4.28. The van der Waals surface area contributed by atoms with Crippen LogP contribution in [0.5, 0.6) is 11.5 Å². The summed E-state index contributed by atoms with van der Waals surface area (Å²) in [4.78, 5) is 11.8. The molecule has 0 aromatic heterocycles. The van der Waals surface area contributed by atoms with Crippen molar-refractivity contribution in [3.8, 4) is 11.5 Å². The number of methoxy groups -OCH3 is 2. The van der Waals surface area contributed by atoms with Crippen LogP contribution in [0.25, 0.3) is 0 Å². The third kappa shape index (κ3) is 2.89. The molecule has 0 aliphatic heterocycles. The largest absolute Gasteiger partial charge is 0.497 e. The fraction of sp³-hybridized carbons (Fsp3) is 0.364.